The zero-order valence-corrected chi connectivity index (χ0v) is 15.6. The van der Waals surface area contributed by atoms with Gasteiger partial charge in [0, 0.05) is 11.8 Å². The molecular weight excluding hydrogens is 382 g/mol. The van der Waals surface area contributed by atoms with Gasteiger partial charge in [-0.1, -0.05) is 30.3 Å². The highest BCUT2D eigenvalue weighted by Crippen LogP contribution is 2.33. The van der Waals surface area contributed by atoms with Gasteiger partial charge in [-0.15, -0.1) is 0 Å². The number of amides is 3. The van der Waals surface area contributed by atoms with Crippen LogP contribution in [0.3, 0.4) is 0 Å². The van der Waals surface area contributed by atoms with Crippen LogP contribution in [0.15, 0.2) is 53.4 Å². The van der Waals surface area contributed by atoms with Gasteiger partial charge in [-0.05, 0) is 42.5 Å². The second-order valence-electron chi connectivity index (χ2n) is 5.95. The maximum atomic E-state index is 12.5. The Morgan fingerprint density at radius 2 is 1.86 bits per heavy atom. The zero-order valence-electron chi connectivity index (χ0n) is 14.7. The van der Waals surface area contributed by atoms with Crippen molar-refractivity contribution in [3.63, 3.8) is 0 Å². The average molecular weight is 397 g/mol. The number of nitro benzene ring substituents is 1. The molecule has 9 heteroatoms. The van der Waals surface area contributed by atoms with Gasteiger partial charge in [-0.2, -0.15) is 0 Å². The van der Waals surface area contributed by atoms with Crippen molar-refractivity contribution in [3.05, 3.63) is 74.7 Å². The monoisotopic (exact) mass is 397 g/mol. The van der Waals surface area contributed by atoms with E-state index in [1.54, 1.807) is 18.2 Å². The molecule has 1 aliphatic rings. The Kier molecular flexibility index (Phi) is 5.55. The van der Waals surface area contributed by atoms with Crippen molar-refractivity contribution in [3.8, 4) is 0 Å². The van der Waals surface area contributed by atoms with Crippen LogP contribution in [0.1, 0.15) is 11.1 Å². The number of carbonyl (C=O) groups is 3. The highest BCUT2D eigenvalue weighted by atomic mass is 32.2. The average Bonchev–Trinajstić information content (AvgIpc) is 2.91. The second kappa shape index (κ2) is 8.05. The lowest BCUT2D eigenvalue weighted by atomic mass is 10.1. The number of nitro groups is 1. The van der Waals surface area contributed by atoms with Crippen molar-refractivity contribution in [2.45, 2.75) is 6.92 Å². The van der Waals surface area contributed by atoms with E-state index in [9.17, 15) is 24.5 Å². The fraction of sp³-hybridized carbons (Fsp3) is 0.105. The summed E-state index contributed by atoms with van der Waals surface area (Å²) in [7, 11) is 0. The Labute approximate surface area is 164 Å². The van der Waals surface area contributed by atoms with E-state index in [1.807, 2.05) is 19.1 Å². The number of aryl methyl sites for hydroxylation is 1. The summed E-state index contributed by atoms with van der Waals surface area (Å²) in [5, 5.41) is 13.2. The smallest absolute Gasteiger partial charge is 0.294 e. The molecule has 1 fully saturated rings. The largest absolute Gasteiger partial charge is 0.324 e. The highest BCUT2D eigenvalue weighted by Gasteiger charge is 2.36. The minimum absolute atomic E-state index is 0.0305. The third-order valence-electron chi connectivity index (χ3n) is 4.01. The fourth-order valence-corrected chi connectivity index (χ4v) is 3.43. The van der Waals surface area contributed by atoms with E-state index < -0.39 is 28.5 Å². The Hall–Kier alpha value is -3.46. The number of benzene rings is 2. The van der Waals surface area contributed by atoms with Crippen LogP contribution in [0, 0.1) is 17.0 Å². The Balaban J connectivity index is 1.76. The molecule has 1 saturated heterocycles. The number of anilines is 1. The van der Waals surface area contributed by atoms with Crippen LogP contribution in [0.25, 0.3) is 6.08 Å². The SMILES string of the molecule is Cc1ccccc1NC(=O)CN1C(=O)S/C(=C/c2ccccc2[N+](=O)[O-])C1=O. The molecule has 0 radical (unpaired) electrons. The Morgan fingerprint density at radius 1 is 1.18 bits per heavy atom. The lowest BCUT2D eigenvalue weighted by Gasteiger charge is -2.13. The van der Waals surface area contributed by atoms with E-state index in [4.69, 9.17) is 0 Å². The molecule has 0 bridgehead atoms. The van der Waals surface area contributed by atoms with E-state index in [0.29, 0.717) is 17.4 Å². The van der Waals surface area contributed by atoms with Gasteiger partial charge >= 0.3 is 0 Å². The lowest BCUT2D eigenvalue weighted by molar-refractivity contribution is -0.385. The van der Waals surface area contributed by atoms with E-state index >= 15 is 0 Å². The molecule has 0 aliphatic carbocycles. The Morgan fingerprint density at radius 3 is 2.57 bits per heavy atom. The van der Waals surface area contributed by atoms with Crippen molar-refractivity contribution in [1.29, 1.82) is 0 Å². The molecule has 2 aromatic rings. The molecule has 3 rings (SSSR count). The first-order chi connectivity index (χ1) is 13.4. The van der Waals surface area contributed by atoms with Gasteiger partial charge < -0.3 is 5.32 Å². The number of nitrogens with one attached hydrogen (secondary N) is 1. The van der Waals surface area contributed by atoms with E-state index in [1.165, 1.54) is 24.3 Å². The molecule has 0 saturated carbocycles. The van der Waals surface area contributed by atoms with Crippen molar-refractivity contribution < 1.29 is 19.3 Å². The number of rotatable bonds is 5. The summed E-state index contributed by atoms with van der Waals surface area (Å²) in [4.78, 5) is 48.3. The van der Waals surface area contributed by atoms with Crippen LogP contribution in [-0.2, 0) is 9.59 Å². The summed E-state index contributed by atoms with van der Waals surface area (Å²) in [5.41, 5.74) is 1.48. The molecule has 8 nitrogen and oxygen atoms in total. The van der Waals surface area contributed by atoms with Crippen molar-refractivity contribution in [2.24, 2.45) is 0 Å². The van der Waals surface area contributed by atoms with Gasteiger partial charge in [0.15, 0.2) is 0 Å². The first-order valence-electron chi connectivity index (χ1n) is 8.21. The maximum absolute atomic E-state index is 12.5. The van der Waals surface area contributed by atoms with Crippen molar-refractivity contribution in [2.75, 3.05) is 11.9 Å². The summed E-state index contributed by atoms with van der Waals surface area (Å²) in [6.07, 6.45) is 1.29. The summed E-state index contributed by atoms with van der Waals surface area (Å²) >= 11 is 0.644. The predicted octanol–water partition coefficient (Wildman–Crippen LogP) is 3.58. The number of thioether (sulfide) groups is 1. The minimum Gasteiger partial charge on any atom is -0.324 e. The third-order valence-corrected chi connectivity index (χ3v) is 4.92. The van der Waals surface area contributed by atoms with Gasteiger partial charge in [0.25, 0.3) is 16.8 Å². The number of imide groups is 1. The number of nitrogens with zero attached hydrogens (tertiary/aromatic N) is 2. The van der Waals surface area contributed by atoms with Crippen LogP contribution in [0.4, 0.5) is 16.2 Å². The first kappa shape index (κ1) is 19.3. The zero-order chi connectivity index (χ0) is 20.3. The van der Waals surface area contributed by atoms with E-state index in [0.717, 1.165) is 10.5 Å². The maximum Gasteiger partial charge on any atom is 0.294 e. The first-order valence-corrected chi connectivity index (χ1v) is 9.02. The molecule has 0 unspecified atom stereocenters. The molecule has 0 atom stereocenters. The van der Waals surface area contributed by atoms with E-state index in [2.05, 4.69) is 5.32 Å². The van der Waals surface area contributed by atoms with Crippen molar-refractivity contribution in [1.82, 2.24) is 4.90 Å². The highest BCUT2D eigenvalue weighted by molar-refractivity contribution is 8.18. The van der Waals surface area contributed by atoms with Crippen molar-refractivity contribution >= 4 is 46.3 Å². The Bertz CT molecular complexity index is 1020. The second-order valence-corrected chi connectivity index (χ2v) is 6.94. The molecule has 1 aliphatic heterocycles. The molecule has 0 aromatic heterocycles. The molecule has 142 valence electrons. The van der Waals surface area contributed by atoms with Gasteiger partial charge in [-0.3, -0.25) is 29.4 Å². The molecular formula is C19H15N3O5S. The van der Waals surface area contributed by atoms with Gasteiger partial charge in [0.2, 0.25) is 5.91 Å². The summed E-state index contributed by atoms with van der Waals surface area (Å²) in [6, 6.07) is 13.0. The number of hydrogen-bond acceptors (Lipinski definition) is 6. The summed E-state index contributed by atoms with van der Waals surface area (Å²) in [5.74, 6) is -1.17. The molecule has 3 amide bonds. The lowest BCUT2D eigenvalue weighted by Crippen LogP contribution is -2.36. The van der Waals surface area contributed by atoms with Gasteiger partial charge in [-0.25, -0.2) is 0 Å². The topological polar surface area (TPSA) is 110 Å². The van der Waals surface area contributed by atoms with Crippen LogP contribution < -0.4 is 5.32 Å². The molecule has 2 aromatic carbocycles. The van der Waals surface area contributed by atoms with Crippen LogP contribution in [0.5, 0.6) is 0 Å². The van der Waals surface area contributed by atoms with Gasteiger partial charge in [0.1, 0.15) is 6.54 Å². The van der Waals surface area contributed by atoms with E-state index in [-0.39, 0.29) is 16.2 Å². The number of para-hydroxylation sites is 2. The number of carbonyl (C=O) groups excluding carboxylic acids is 3. The normalized spacial score (nSPS) is 15.2. The predicted molar refractivity (Wildman–Crippen MR) is 106 cm³/mol. The third kappa shape index (κ3) is 4.09. The minimum atomic E-state index is -0.659. The molecule has 1 heterocycles. The number of hydrogen-bond donors (Lipinski definition) is 1. The van der Waals surface area contributed by atoms with Crippen LogP contribution >= 0.6 is 11.8 Å². The quantitative estimate of drug-likeness (QED) is 0.469. The standard InChI is InChI=1S/C19H15N3O5S/c1-12-6-2-4-8-14(12)20-17(23)11-21-18(24)16(28-19(21)25)10-13-7-3-5-9-15(13)22(26)27/h2-10H,11H2,1H3,(H,20,23)/b16-10+. The molecule has 1 N–H and O–H groups in total. The molecule has 28 heavy (non-hydrogen) atoms. The van der Waals surface area contributed by atoms with Crippen LogP contribution in [-0.4, -0.2) is 33.4 Å². The fourth-order valence-electron chi connectivity index (χ4n) is 2.60. The summed E-state index contributed by atoms with van der Waals surface area (Å²) < 4.78 is 0. The molecule has 0 spiro atoms. The van der Waals surface area contributed by atoms with Crippen LogP contribution in [0.2, 0.25) is 0 Å². The summed E-state index contributed by atoms with van der Waals surface area (Å²) in [6.45, 7) is 1.39. The van der Waals surface area contributed by atoms with Gasteiger partial charge in [0.05, 0.1) is 15.4 Å².